The first kappa shape index (κ1) is 22.0. The van der Waals surface area contributed by atoms with Gasteiger partial charge in [-0.25, -0.2) is 19.2 Å². The van der Waals surface area contributed by atoms with Gasteiger partial charge in [0.2, 0.25) is 0 Å². The van der Waals surface area contributed by atoms with Crippen molar-refractivity contribution in [2.75, 3.05) is 26.2 Å². The lowest BCUT2D eigenvalue weighted by molar-refractivity contribution is 0.133. The van der Waals surface area contributed by atoms with Crippen molar-refractivity contribution in [3.8, 4) is 5.69 Å². The summed E-state index contributed by atoms with van der Waals surface area (Å²) >= 11 is 0. The first-order valence-electron chi connectivity index (χ1n) is 11.5. The maximum atomic E-state index is 13.5. The van der Waals surface area contributed by atoms with Crippen molar-refractivity contribution >= 4 is 17.2 Å². The molecular weight excluding hydrogens is 431 g/mol. The van der Waals surface area contributed by atoms with Gasteiger partial charge in [0, 0.05) is 44.6 Å². The summed E-state index contributed by atoms with van der Waals surface area (Å²) in [6.45, 7) is 5.98. The van der Waals surface area contributed by atoms with Crippen LogP contribution >= 0.6 is 0 Å². The third kappa shape index (κ3) is 4.77. The van der Waals surface area contributed by atoms with E-state index < -0.39 is 0 Å². The lowest BCUT2D eigenvalue weighted by Gasteiger charge is -2.34. The molecule has 4 aromatic rings. The minimum atomic E-state index is -0.278. The Bertz CT molecular complexity index is 1290. The fourth-order valence-corrected chi connectivity index (χ4v) is 4.35. The molecule has 0 saturated carbocycles. The molecule has 0 spiro atoms. The molecular formula is C26H27FN6O. The molecule has 8 heteroatoms. The van der Waals surface area contributed by atoms with E-state index in [1.54, 1.807) is 18.3 Å². The number of nitrogens with one attached hydrogen (secondary N) is 1. The van der Waals surface area contributed by atoms with Crippen LogP contribution in [0.5, 0.6) is 0 Å². The van der Waals surface area contributed by atoms with Gasteiger partial charge in [0.1, 0.15) is 17.2 Å². The molecule has 34 heavy (non-hydrogen) atoms. The Morgan fingerprint density at radius 2 is 1.82 bits per heavy atom. The molecule has 2 aromatic carbocycles. The van der Waals surface area contributed by atoms with E-state index in [9.17, 15) is 9.18 Å². The van der Waals surface area contributed by atoms with Crippen LogP contribution in [0.3, 0.4) is 0 Å². The first-order valence-corrected chi connectivity index (χ1v) is 11.5. The number of benzene rings is 2. The standard InChI is InChI=1S/C26H27FN6O/c1-19-4-2-5-20(16-19)17-29-26(34)32-14-12-31(13-15-32)18-24-30-23-6-3-11-28-25(23)33(24)22-9-7-21(27)8-10-22/h2-11,16H,12-15,17-18H2,1H3,(H,29,34). The predicted octanol–water partition coefficient (Wildman–Crippen LogP) is 3.90. The smallest absolute Gasteiger partial charge is 0.317 e. The SMILES string of the molecule is Cc1cccc(CNC(=O)N2CCN(Cc3nc4cccnc4n3-c3ccc(F)cc3)CC2)c1. The van der Waals surface area contributed by atoms with Gasteiger partial charge in [-0.3, -0.25) is 9.47 Å². The summed E-state index contributed by atoms with van der Waals surface area (Å²) in [7, 11) is 0. The van der Waals surface area contributed by atoms with Crippen LogP contribution in [0.25, 0.3) is 16.9 Å². The zero-order valence-electron chi connectivity index (χ0n) is 19.1. The number of aromatic nitrogens is 3. The van der Waals surface area contributed by atoms with Crippen LogP contribution in [0.1, 0.15) is 17.0 Å². The molecule has 1 saturated heterocycles. The molecule has 1 fully saturated rings. The Labute approximate surface area is 197 Å². The molecule has 0 unspecified atom stereocenters. The normalized spacial score (nSPS) is 14.5. The number of amides is 2. The fraction of sp³-hybridized carbons (Fsp3) is 0.269. The van der Waals surface area contributed by atoms with Crippen LogP contribution in [-0.2, 0) is 13.1 Å². The molecule has 1 N–H and O–H groups in total. The Hall–Kier alpha value is -3.78. The number of hydrogen-bond donors (Lipinski definition) is 1. The molecule has 3 heterocycles. The summed E-state index contributed by atoms with van der Waals surface area (Å²) < 4.78 is 15.5. The van der Waals surface area contributed by atoms with Gasteiger partial charge in [0.05, 0.1) is 6.54 Å². The van der Waals surface area contributed by atoms with Crippen molar-refractivity contribution in [1.29, 1.82) is 0 Å². The number of imidazole rings is 1. The van der Waals surface area contributed by atoms with Crippen LogP contribution in [0.4, 0.5) is 9.18 Å². The molecule has 0 atom stereocenters. The minimum absolute atomic E-state index is 0.0380. The highest BCUT2D eigenvalue weighted by atomic mass is 19.1. The van der Waals surface area contributed by atoms with Gasteiger partial charge in [0.15, 0.2) is 5.65 Å². The summed E-state index contributed by atoms with van der Waals surface area (Å²) in [6, 6.07) is 18.3. The fourth-order valence-electron chi connectivity index (χ4n) is 4.35. The number of aryl methyl sites for hydroxylation is 1. The van der Waals surface area contributed by atoms with Gasteiger partial charge in [-0.15, -0.1) is 0 Å². The van der Waals surface area contributed by atoms with Crippen molar-refractivity contribution < 1.29 is 9.18 Å². The number of halogens is 1. The number of urea groups is 1. The van der Waals surface area contributed by atoms with Gasteiger partial charge in [0.25, 0.3) is 0 Å². The summed E-state index contributed by atoms with van der Waals surface area (Å²) in [4.78, 5) is 26.1. The molecule has 0 aliphatic carbocycles. The summed E-state index contributed by atoms with van der Waals surface area (Å²) in [5.41, 5.74) is 4.66. The number of carbonyl (C=O) groups excluding carboxylic acids is 1. The Balaban J connectivity index is 1.24. The van der Waals surface area contributed by atoms with E-state index in [2.05, 4.69) is 21.3 Å². The highest BCUT2D eigenvalue weighted by Crippen LogP contribution is 2.22. The Morgan fingerprint density at radius 3 is 2.59 bits per heavy atom. The van der Waals surface area contributed by atoms with E-state index >= 15 is 0 Å². The molecule has 1 aliphatic rings. The van der Waals surface area contributed by atoms with E-state index in [1.807, 2.05) is 46.7 Å². The summed E-state index contributed by atoms with van der Waals surface area (Å²) in [5, 5.41) is 3.03. The van der Waals surface area contributed by atoms with Gasteiger partial charge in [-0.2, -0.15) is 0 Å². The average Bonchev–Trinajstić information content (AvgIpc) is 3.21. The number of nitrogens with zero attached hydrogens (tertiary/aromatic N) is 5. The van der Waals surface area contributed by atoms with Gasteiger partial charge >= 0.3 is 6.03 Å². The second-order valence-corrected chi connectivity index (χ2v) is 8.60. The Morgan fingerprint density at radius 1 is 1.03 bits per heavy atom. The van der Waals surface area contributed by atoms with Crippen molar-refractivity contribution in [2.24, 2.45) is 0 Å². The second kappa shape index (κ2) is 9.61. The third-order valence-electron chi connectivity index (χ3n) is 6.12. The van der Waals surface area contributed by atoms with Crippen LogP contribution in [-0.4, -0.2) is 56.5 Å². The van der Waals surface area contributed by atoms with Crippen LogP contribution < -0.4 is 5.32 Å². The second-order valence-electron chi connectivity index (χ2n) is 8.60. The van der Waals surface area contributed by atoms with E-state index in [4.69, 9.17) is 4.98 Å². The van der Waals surface area contributed by atoms with Gasteiger partial charge in [-0.1, -0.05) is 29.8 Å². The zero-order chi connectivity index (χ0) is 23.5. The zero-order valence-corrected chi connectivity index (χ0v) is 19.1. The minimum Gasteiger partial charge on any atom is -0.334 e. The van der Waals surface area contributed by atoms with E-state index in [0.29, 0.717) is 26.2 Å². The lowest BCUT2D eigenvalue weighted by Crippen LogP contribution is -2.51. The van der Waals surface area contributed by atoms with Gasteiger partial charge in [-0.05, 0) is 48.9 Å². The number of fused-ring (bicyclic) bond motifs is 1. The van der Waals surface area contributed by atoms with E-state index in [1.165, 1.54) is 17.7 Å². The maximum absolute atomic E-state index is 13.5. The van der Waals surface area contributed by atoms with Crippen molar-refractivity contribution in [3.05, 3.63) is 89.6 Å². The summed E-state index contributed by atoms with van der Waals surface area (Å²) in [5.74, 6) is 0.567. The first-order chi connectivity index (χ1) is 16.6. The predicted molar refractivity (Wildman–Crippen MR) is 129 cm³/mol. The van der Waals surface area contributed by atoms with Crippen LogP contribution in [0, 0.1) is 12.7 Å². The van der Waals surface area contributed by atoms with Crippen molar-refractivity contribution in [1.82, 2.24) is 29.7 Å². The molecule has 2 aromatic heterocycles. The highest BCUT2D eigenvalue weighted by Gasteiger charge is 2.23. The lowest BCUT2D eigenvalue weighted by atomic mass is 10.1. The molecule has 0 radical (unpaired) electrons. The number of hydrogen-bond acceptors (Lipinski definition) is 4. The summed E-state index contributed by atoms with van der Waals surface area (Å²) in [6.07, 6.45) is 1.74. The maximum Gasteiger partial charge on any atom is 0.317 e. The Kier molecular flexibility index (Phi) is 6.22. The molecule has 1 aliphatic heterocycles. The average molecular weight is 459 g/mol. The molecule has 5 rings (SSSR count). The quantitative estimate of drug-likeness (QED) is 0.493. The number of piperazine rings is 1. The van der Waals surface area contributed by atoms with E-state index in [0.717, 1.165) is 41.3 Å². The highest BCUT2D eigenvalue weighted by molar-refractivity contribution is 5.74. The van der Waals surface area contributed by atoms with Crippen molar-refractivity contribution in [2.45, 2.75) is 20.0 Å². The topological polar surface area (TPSA) is 66.3 Å². The third-order valence-corrected chi connectivity index (χ3v) is 6.12. The molecule has 174 valence electrons. The monoisotopic (exact) mass is 458 g/mol. The number of rotatable bonds is 5. The number of pyridine rings is 1. The van der Waals surface area contributed by atoms with Crippen LogP contribution in [0.2, 0.25) is 0 Å². The van der Waals surface area contributed by atoms with Crippen molar-refractivity contribution in [3.63, 3.8) is 0 Å². The largest absolute Gasteiger partial charge is 0.334 e. The molecule has 0 bridgehead atoms. The van der Waals surface area contributed by atoms with E-state index in [-0.39, 0.29) is 11.8 Å². The van der Waals surface area contributed by atoms with Crippen LogP contribution in [0.15, 0.2) is 66.9 Å². The molecule has 7 nitrogen and oxygen atoms in total. The van der Waals surface area contributed by atoms with Gasteiger partial charge < -0.3 is 10.2 Å². The molecule has 2 amide bonds. The number of carbonyl (C=O) groups is 1.